The number of primary amides is 1. The zero-order chi connectivity index (χ0) is 10.8. The number of ether oxygens (including phenoxy) is 1. The van der Waals surface area contributed by atoms with Gasteiger partial charge >= 0.3 is 11.7 Å². The third kappa shape index (κ3) is 1.64. The molecule has 2 aromatic heterocycles. The predicted molar refractivity (Wildman–Crippen MR) is 51.7 cm³/mol. The first kappa shape index (κ1) is 9.20. The third-order valence-electron chi connectivity index (χ3n) is 1.79. The van der Waals surface area contributed by atoms with E-state index in [0.29, 0.717) is 5.65 Å². The van der Waals surface area contributed by atoms with Gasteiger partial charge in [0.05, 0.1) is 6.20 Å². The van der Waals surface area contributed by atoms with Gasteiger partial charge in [0.25, 0.3) is 0 Å². The Morgan fingerprint density at radius 1 is 1.47 bits per heavy atom. The van der Waals surface area contributed by atoms with Crippen molar-refractivity contribution in [3.05, 3.63) is 40.9 Å². The SMILES string of the molecule is NC(=O)Oc1cnc2ccccn2c1=O. The van der Waals surface area contributed by atoms with Crippen LogP contribution < -0.4 is 16.0 Å². The van der Waals surface area contributed by atoms with Crippen molar-refractivity contribution >= 4 is 11.7 Å². The predicted octanol–water partition coefficient (Wildman–Crippen LogP) is 0.152. The van der Waals surface area contributed by atoms with Crippen molar-refractivity contribution in [1.29, 1.82) is 0 Å². The minimum Gasteiger partial charge on any atom is -0.403 e. The molecule has 0 aliphatic carbocycles. The lowest BCUT2D eigenvalue weighted by Crippen LogP contribution is -2.23. The first-order valence-corrected chi connectivity index (χ1v) is 4.12. The summed E-state index contributed by atoms with van der Waals surface area (Å²) in [6.45, 7) is 0. The van der Waals surface area contributed by atoms with E-state index in [-0.39, 0.29) is 5.75 Å². The van der Waals surface area contributed by atoms with Gasteiger partial charge in [0.1, 0.15) is 5.65 Å². The lowest BCUT2D eigenvalue weighted by molar-refractivity contribution is 0.210. The average molecular weight is 205 g/mol. The third-order valence-corrected chi connectivity index (χ3v) is 1.79. The number of carbonyl (C=O) groups excluding carboxylic acids is 1. The maximum absolute atomic E-state index is 11.7. The number of rotatable bonds is 1. The number of hydrogen-bond donors (Lipinski definition) is 1. The van der Waals surface area contributed by atoms with Gasteiger partial charge in [-0.25, -0.2) is 9.78 Å². The molecule has 0 saturated carbocycles. The summed E-state index contributed by atoms with van der Waals surface area (Å²) in [6.07, 6.45) is 1.66. The summed E-state index contributed by atoms with van der Waals surface area (Å²) in [4.78, 5) is 26.1. The fraction of sp³-hybridized carbons (Fsp3) is 0. The van der Waals surface area contributed by atoms with E-state index in [9.17, 15) is 9.59 Å². The summed E-state index contributed by atoms with van der Waals surface area (Å²) in [5.41, 5.74) is 4.80. The molecule has 6 nitrogen and oxygen atoms in total. The highest BCUT2D eigenvalue weighted by molar-refractivity contribution is 5.67. The number of carbonyl (C=O) groups is 1. The van der Waals surface area contributed by atoms with E-state index in [2.05, 4.69) is 9.72 Å². The van der Waals surface area contributed by atoms with Crippen LogP contribution in [-0.2, 0) is 0 Å². The Labute approximate surface area is 83.9 Å². The van der Waals surface area contributed by atoms with Crippen LogP contribution in [0, 0.1) is 0 Å². The number of pyridine rings is 1. The molecular formula is C9H7N3O3. The highest BCUT2D eigenvalue weighted by atomic mass is 16.5. The quantitative estimate of drug-likeness (QED) is 0.717. The van der Waals surface area contributed by atoms with Crippen LogP contribution in [0.4, 0.5) is 4.79 Å². The molecule has 2 N–H and O–H groups in total. The Kier molecular flexibility index (Phi) is 2.09. The van der Waals surface area contributed by atoms with Gasteiger partial charge in [-0.15, -0.1) is 0 Å². The molecule has 76 valence electrons. The number of hydrogen-bond acceptors (Lipinski definition) is 4. The standard InChI is InChI=1S/C9H7N3O3/c10-9(14)15-6-5-11-7-3-1-2-4-12(7)8(6)13/h1-5H,(H2,10,14). The van der Waals surface area contributed by atoms with Gasteiger partial charge in [-0.1, -0.05) is 6.07 Å². The van der Waals surface area contributed by atoms with Gasteiger partial charge in [-0.3, -0.25) is 9.20 Å². The van der Waals surface area contributed by atoms with Crippen molar-refractivity contribution in [2.75, 3.05) is 0 Å². The molecule has 0 spiro atoms. The number of nitrogens with two attached hydrogens (primary N) is 1. The highest BCUT2D eigenvalue weighted by Gasteiger charge is 2.07. The van der Waals surface area contributed by atoms with Crippen LogP contribution in [-0.4, -0.2) is 15.5 Å². The van der Waals surface area contributed by atoms with Gasteiger partial charge in [0.2, 0.25) is 5.75 Å². The smallest absolute Gasteiger partial charge is 0.403 e. The second-order valence-electron chi connectivity index (χ2n) is 2.78. The first-order chi connectivity index (χ1) is 7.18. The molecule has 6 heteroatoms. The minimum absolute atomic E-state index is 0.189. The van der Waals surface area contributed by atoms with Crippen LogP contribution >= 0.6 is 0 Å². The second-order valence-corrected chi connectivity index (χ2v) is 2.78. The van der Waals surface area contributed by atoms with Crippen molar-refractivity contribution in [1.82, 2.24) is 9.38 Å². The summed E-state index contributed by atoms with van der Waals surface area (Å²) in [5, 5.41) is 0. The van der Waals surface area contributed by atoms with E-state index < -0.39 is 11.7 Å². The molecule has 0 aliphatic rings. The fourth-order valence-electron chi connectivity index (χ4n) is 1.19. The van der Waals surface area contributed by atoms with Crippen molar-refractivity contribution in [2.24, 2.45) is 5.73 Å². The summed E-state index contributed by atoms with van der Waals surface area (Å²) >= 11 is 0. The molecule has 2 heterocycles. The molecule has 1 amide bonds. The number of fused-ring (bicyclic) bond motifs is 1. The van der Waals surface area contributed by atoms with Gasteiger partial charge < -0.3 is 10.5 Å². The molecule has 0 radical (unpaired) electrons. The summed E-state index contributed by atoms with van der Waals surface area (Å²) < 4.78 is 5.76. The summed E-state index contributed by atoms with van der Waals surface area (Å²) in [7, 11) is 0. The number of amides is 1. The molecule has 0 fully saturated rings. The van der Waals surface area contributed by atoms with Crippen LogP contribution in [0.5, 0.6) is 5.75 Å². The van der Waals surface area contributed by atoms with Crippen molar-refractivity contribution in [2.45, 2.75) is 0 Å². The lowest BCUT2D eigenvalue weighted by atomic mass is 10.4. The molecule has 0 bridgehead atoms. The molecule has 2 aromatic rings. The van der Waals surface area contributed by atoms with E-state index >= 15 is 0 Å². The zero-order valence-electron chi connectivity index (χ0n) is 7.58. The van der Waals surface area contributed by atoms with Crippen LogP contribution in [0.25, 0.3) is 5.65 Å². The lowest BCUT2D eigenvalue weighted by Gasteiger charge is -2.02. The van der Waals surface area contributed by atoms with E-state index in [1.54, 1.807) is 18.2 Å². The molecule has 15 heavy (non-hydrogen) atoms. The van der Waals surface area contributed by atoms with E-state index in [4.69, 9.17) is 5.73 Å². The van der Waals surface area contributed by atoms with Crippen LogP contribution in [0.2, 0.25) is 0 Å². The normalized spacial score (nSPS) is 10.1. The molecule has 0 aromatic carbocycles. The first-order valence-electron chi connectivity index (χ1n) is 4.12. The molecule has 0 atom stereocenters. The number of nitrogens with zero attached hydrogens (tertiary/aromatic N) is 2. The molecule has 0 saturated heterocycles. The Morgan fingerprint density at radius 2 is 2.27 bits per heavy atom. The second kappa shape index (κ2) is 3.41. The van der Waals surface area contributed by atoms with Gasteiger partial charge in [0.15, 0.2) is 0 Å². The fourth-order valence-corrected chi connectivity index (χ4v) is 1.19. The van der Waals surface area contributed by atoms with E-state index in [1.165, 1.54) is 16.8 Å². The van der Waals surface area contributed by atoms with E-state index in [0.717, 1.165) is 0 Å². The van der Waals surface area contributed by atoms with Gasteiger partial charge in [-0.05, 0) is 12.1 Å². The van der Waals surface area contributed by atoms with Gasteiger partial charge in [0, 0.05) is 6.20 Å². The Balaban J connectivity index is 2.65. The largest absolute Gasteiger partial charge is 0.410 e. The maximum atomic E-state index is 11.7. The van der Waals surface area contributed by atoms with E-state index in [1.807, 2.05) is 0 Å². The van der Waals surface area contributed by atoms with Crippen LogP contribution in [0.3, 0.4) is 0 Å². The Bertz CT molecular complexity index is 576. The van der Waals surface area contributed by atoms with Crippen molar-refractivity contribution in [3.8, 4) is 5.75 Å². The number of aromatic nitrogens is 2. The van der Waals surface area contributed by atoms with Gasteiger partial charge in [-0.2, -0.15) is 0 Å². The maximum Gasteiger partial charge on any atom is 0.410 e. The molecular weight excluding hydrogens is 198 g/mol. The molecule has 0 aliphatic heterocycles. The minimum atomic E-state index is -1.04. The Hall–Kier alpha value is -2.37. The topological polar surface area (TPSA) is 86.7 Å². The van der Waals surface area contributed by atoms with Crippen LogP contribution in [0.1, 0.15) is 0 Å². The van der Waals surface area contributed by atoms with Crippen molar-refractivity contribution < 1.29 is 9.53 Å². The Morgan fingerprint density at radius 3 is 3.00 bits per heavy atom. The molecule has 0 unspecified atom stereocenters. The van der Waals surface area contributed by atoms with Crippen molar-refractivity contribution in [3.63, 3.8) is 0 Å². The van der Waals surface area contributed by atoms with Crippen LogP contribution in [0.15, 0.2) is 35.4 Å². The summed E-state index contributed by atoms with van der Waals surface area (Å²) in [5.74, 6) is -0.189. The summed E-state index contributed by atoms with van der Waals surface area (Å²) in [6, 6.07) is 5.08. The molecule has 2 rings (SSSR count). The monoisotopic (exact) mass is 205 g/mol. The highest BCUT2D eigenvalue weighted by Crippen LogP contribution is 2.03. The average Bonchev–Trinajstić information content (AvgIpc) is 2.22. The zero-order valence-corrected chi connectivity index (χ0v) is 7.58.